The number of hydrogen-bond acceptors (Lipinski definition) is 2. The van der Waals surface area contributed by atoms with Crippen molar-refractivity contribution in [2.24, 2.45) is 0 Å². The predicted octanol–water partition coefficient (Wildman–Crippen LogP) is 4.06. The highest BCUT2D eigenvalue weighted by Crippen LogP contribution is 2.36. The number of aliphatic hydroxyl groups excluding tert-OH is 1. The monoisotopic (exact) mass is 268 g/mol. The number of hydrogen-bond donors (Lipinski definition) is 1. The third-order valence-corrected chi connectivity index (χ3v) is 7.84. The van der Waals surface area contributed by atoms with E-state index < -0.39 is 14.4 Å². The predicted molar refractivity (Wildman–Crippen MR) is 82.2 cm³/mol. The Morgan fingerprint density at radius 1 is 1.28 bits per heavy atom. The molecule has 1 N–H and O–H groups in total. The van der Waals surface area contributed by atoms with Crippen LogP contribution in [0.2, 0.25) is 18.1 Å². The second-order valence-corrected chi connectivity index (χ2v) is 10.8. The zero-order valence-electron chi connectivity index (χ0n) is 12.4. The van der Waals surface area contributed by atoms with Crippen molar-refractivity contribution < 1.29 is 9.53 Å². The summed E-state index contributed by atoms with van der Waals surface area (Å²) in [7, 11) is -1.64. The molecule has 0 saturated carbocycles. The average molecular weight is 268 g/mol. The third kappa shape index (κ3) is 6.94. The van der Waals surface area contributed by atoms with Gasteiger partial charge in [-0.05, 0) is 24.6 Å². The minimum Gasteiger partial charge on any atom is -0.413 e. The number of aliphatic hydroxyl groups is 1. The van der Waals surface area contributed by atoms with Gasteiger partial charge in [0, 0.05) is 0 Å². The molecule has 0 aromatic heterocycles. The second-order valence-electron chi connectivity index (χ2n) is 5.98. The van der Waals surface area contributed by atoms with Crippen LogP contribution in [0.25, 0.3) is 0 Å². The Kier molecular flexibility index (Phi) is 7.44. The summed E-state index contributed by atoms with van der Waals surface area (Å²) in [5, 5.41) is 9.67. The van der Waals surface area contributed by atoms with Crippen LogP contribution in [0.5, 0.6) is 0 Å². The van der Waals surface area contributed by atoms with Crippen molar-refractivity contribution in [3.05, 3.63) is 37.0 Å². The molecule has 0 bridgehead atoms. The molecule has 0 spiro atoms. The normalized spacial score (nSPS) is 15.4. The largest absolute Gasteiger partial charge is 0.413 e. The first-order valence-corrected chi connectivity index (χ1v) is 9.38. The van der Waals surface area contributed by atoms with Crippen LogP contribution in [-0.2, 0) is 4.43 Å². The van der Waals surface area contributed by atoms with Crippen molar-refractivity contribution in [2.45, 2.75) is 51.4 Å². The van der Waals surface area contributed by atoms with Crippen molar-refractivity contribution in [3.8, 4) is 0 Å². The van der Waals surface area contributed by atoms with E-state index in [2.05, 4.69) is 40.4 Å². The molecule has 18 heavy (non-hydrogen) atoms. The summed E-state index contributed by atoms with van der Waals surface area (Å²) in [6, 6.07) is 0. The van der Waals surface area contributed by atoms with Crippen LogP contribution < -0.4 is 0 Å². The Hall–Kier alpha value is -0.643. The molecule has 2 nitrogen and oxygen atoms in total. The third-order valence-electron chi connectivity index (χ3n) is 3.34. The van der Waals surface area contributed by atoms with Crippen LogP contribution in [0, 0.1) is 0 Å². The molecule has 3 heteroatoms. The van der Waals surface area contributed by atoms with Crippen molar-refractivity contribution in [1.29, 1.82) is 0 Å². The van der Waals surface area contributed by atoms with E-state index in [4.69, 9.17) is 4.43 Å². The van der Waals surface area contributed by atoms with Crippen molar-refractivity contribution in [3.63, 3.8) is 0 Å². The van der Waals surface area contributed by atoms with Crippen LogP contribution in [-0.4, -0.2) is 26.1 Å². The van der Waals surface area contributed by atoms with Gasteiger partial charge < -0.3 is 9.53 Å². The van der Waals surface area contributed by atoms with E-state index in [1.54, 1.807) is 12.2 Å². The SMILES string of the molecule is C=CC[C@H](O)/C=C\C=C\CO[Si](C)(C)C(C)(C)C. The highest BCUT2D eigenvalue weighted by molar-refractivity contribution is 6.74. The van der Waals surface area contributed by atoms with Crippen molar-refractivity contribution in [2.75, 3.05) is 6.61 Å². The van der Waals surface area contributed by atoms with Gasteiger partial charge in [0.05, 0.1) is 12.7 Å². The van der Waals surface area contributed by atoms with Gasteiger partial charge in [-0.25, -0.2) is 0 Å². The smallest absolute Gasteiger partial charge is 0.192 e. The lowest BCUT2D eigenvalue weighted by Crippen LogP contribution is -2.40. The van der Waals surface area contributed by atoms with E-state index in [9.17, 15) is 5.11 Å². The van der Waals surface area contributed by atoms with Gasteiger partial charge in [0.1, 0.15) is 0 Å². The molecule has 0 amide bonds. The summed E-state index contributed by atoms with van der Waals surface area (Å²) < 4.78 is 5.99. The van der Waals surface area contributed by atoms with E-state index in [-0.39, 0.29) is 5.04 Å². The fourth-order valence-corrected chi connectivity index (χ4v) is 1.99. The van der Waals surface area contributed by atoms with E-state index in [1.165, 1.54) is 0 Å². The van der Waals surface area contributed by atoms with Gasteiger partial charge in [-0.15, -0.1) is 6.58 Å². The first kappa shape index (κ1) is 17.4. The summed E-state index contributed by atoms with van der Waals surface area (Å²) in [6.45, 7) is 15.4. The van der Waals surface area contributed by atoms with Crippen molar-refractivity contribution in [1.82, 2.24) is 0 Å². The van der Waals surface area contributed by atoms with Crippen molar-refractivity contribution >= 4 is 8.32 Å². The molecule has 0 aliphatic carbocycles. The Bertz CT molecular complexity index is 298. The molecule has 0 aliphatic rings. The highest BCUT2D eigenvalue weighted by Gasteiger charge is 2.36. The van der Waals surface area contributed by atoms with Gasteiger partial charge in [-0.2, -0.15) is 0 Å². The zero-order valence-corrected chi connectivity index (χ0v) is 13.4. The Labute approximate surface area is 113 Å². The zero-order chi connectivity index (χ0) is 14.2. The maximum absolute atomic E-state index is 9.43. The minimum atomic E-state index is -1.64. The summed E-state index contributed by atoms with van der Waals surface area (Å²) in [5.74, 6) is 0. The maximum Gasteiger partial charge on any atom is 0.192 e. The van der Waals surface area contributed by atoms with Crippen LogP contribution in [0.4, 0.5) is 0 Å². The second kappa shape index (κ2) is 7.72. The van der Waals surface area contributed by atoms with Gasteiger partial charge in [-0.1, -0.05) is 51.2 Å². The van der Waals surface area contributed by atoms with Crippen LogP contribution >= 0.6 is 0 Å². The Morgan fingerprint density at radius 2 is 1.89 bits per heavy atom. The van der Waals surface area contributed by atoms with E-state index in [0.717, 1.165) is 0 Å². The molecule has 104 valence electrons. The van der Waals surface area contributed by atoms with E-state index >= 15 is 0 Å². The molecule has 0 fully saturated rings. The number of allylic oxidation sites excluding steroid dienone is 2. The topological polar surface area (TPSA) is 29.5 Å². The highest BCUT2D eigenvalue weighted by atomic mass is 28.4. The molecule has 0 rings (SSSR count). The first-order chi connectivity index (χ1) is 8.20. The standard InChI is InChI=1S/C15H28O2Si/c1-7-11-14(16)12-9-8-10-13-17-18(5,6)15(2,3)4/h7-10,12,14,16H,1,11,13H2,2-6H3/b10-8+,12-9-/t14-/m0/s1. The quantitative estimate of drug-likeness (QED) is 0.429. The maximum atomic E-state index is 9.43. The summed E-state index contributed by atoms with van der Waals surface area (Å²) >= 11 is 0. The Morgan fingerprint density at radius 3 is 2.39 bits per heavy atom. The van der Waals surface area contributed by atoms with Crippen LogP contribution in [0.1, 0.15) is 27.2 Å². The molecular formula is C15H28O2Si. The molecule has 0 unspecified atom stereocenters. The molecule has 0 heterocycles. The molecule has 0 aromatic carbocycles. The summed E-state index contributed by atoms with van der Waals surface area (Å²) in [6.07, 6.45) is 9.36. The molecule has 1 atom stereocenters. The van der Waals surface area contributed by atoms with Gasteiger partial charge in [0.25, 0.3) is 0 Å². The molecule has 0 saturated heterocycles. The van der Waals surface area contributed by atoms with Crippen LogP contribution in [0.3, 0.4) is 0 Å². The van der Waals surface area contributed by atoms with Gasteiger partial charge in [-0.3, -0.25) is 0 Å². The molecule has 0 aliphatic heterocycles. The van der Waals surface area contributed by atoms with E-state index in [1.807, 2.05) is 18.2 Å². The fourth-order valence-electron chi connectivity index (χ4n) is 1.05. The lowest BCUT2D eigenvalue weighted by atomic mass is 10.2. The fraction of sp³-hybridized carbons (Fsp3) is 0.600. The molecular weight excluding hydrogens is 240 g/mol. The molecule has 0 radical (unpaired) electrons. The summed E-state index contributed by atoms with van der Waals surface area (Å²) in [5.41, 5.74) is 0. The lowest BCUT2D eigenvalue weighted by Gasteiger charge is -2.35. The summed E-state index contributed by atoms with van der Waals surface area (Å²) in [4.78, 5) is 0. The molecule has 0 aromatic rings. The van der Waals surface area contributed by atoms with Gasteiger partial charge >= 0.3 is 0 Å². The van der Waals surface area contributed by atoms with Crippen LogP contribution in [0.15, 0.2) is 37.0 Å². The lowest BCUT2D eigenvalue weighted by molar-refractivity contribution is 0.227. The first-order valence-electron chi connectivity index (χ1n) is 6.47. The van der Waals surface area contributed by atoms with E-state index in [0.29, 0.717) is 13.0 Å². The van der Waals surface area contributed by atoms with Gasteiger partial charge in [0.2, 0.25) is 0 Å². The average Bonchev–Trinajstić information content (AvgIpc) is 2.21. The van der Waals surface area contributed by atoms with Gasteiger partial charge in [0.15, 0.2) is 8.32 Å². The Balaban J connectivity index is 4.02. The number of rotatable bonds is 7. The minimum absolute atomic E-state index is 0.247.